The van der Waals surface area contributed by atoms with Gasteiger partial charge in [-0.25, -0.2) is 0 Å². The summed E-state index contributed by atoms with van der Waals surface area (Å²) < 4.78 is 19.4. The van der Waals surface area contributed by atoms with Gasteiger partial charge in [-0.3, -0.25) is 0 Å². The van der Waals surface area contributed by atoms with Crippen LogP contribution in [0.25, 0.3) is 88.1 Å². The fourth-order valence-corrected chi connectivity index (χ4v) is 9.05. The van der Waals surface area contributed by atoms with Gasteiger partial charge in [0.05, 0.1) is 0 Å². The average Bonchev–Trinajstić information content (AvgIpc) is 3.97. The Balaban J connectivity index is 0.935. The van der Waals surface area contributed by atoms with Crippen molar-refractivity contribution in [2.45, 2.75) is 12.3 Å². The smallest absolute Gasteiger partial charge is 0.143 e. The molecule has 12 rings (SSSR count). The van der Waals surface area contributed by atoms with E-state index in [0.717, 1.165) is 94.7 Å². The van der Waals surface area contributed by atoms with Crippen molar-refractivity contribution in [1.29, 1.82) is 0 Å². The fourth-order valence-electron chi connectivity index (χ4n) is 9.05. The first-order valence-electron chi connectivity index (χ1n) is 19.8. The van der Waals surface area contributed by atoms with E-state index in [1.165, 1.54) is 22.4 Å². The number of para-hydroxylation sites is 4. The van der Waals surface area contributed by atoms with Crippen LogP contribution in [0.4, 0.5) is 11.4 Å². The van der Waals surface area contributed by atoms with Crippen LogP contribution in [0, 0.1) is 0 Å². The van der Waals surface area contributed by atoms with E-state index < -0.39 is 0 Å². The second-order valence-corrected chi connectivity index (χ2v) is 15.2. The summed E-state index contributed by atoms with van der Waals surface area (Å²) in [5, 5.41) is 6.69. The largest absolute Gasteiger partial charge is 0.456 e. The van der Waals surface area contributed by atoms with Gasteiger partial charge in [0.1, 0.15) is 33.5 Å². The van der Waals surface area contributed by atoms with Crippen LogP contribution in [0.5, 0.6) is 0 Å². The quantitative estimate of drug-likeness (QED) is 0.170. The molecule has 11 aromatic rings. The zero-order valence-electron chi connectivity index (χ0n) is 31.4. The zero-order chi connectivity index (χ0) is 38.2. The van der Waals surface area contributed by atoms with Gasteiger partial charge in [0.2, 0.25) is 0 Å². The van der Waals surface area contributed by atoms with Crippen LogP contribution in [0.1, 0.15) is 17.9 Å². The Labute approximate surface area is 334 Å². The minimum atomic E-state index is 0.139. The fraction of sp³-hybridized carbons (Fsp3) is 0.0370. The van der Waals surface area contributed by atoms with Gasteiger partial charge in [0.15, 0.2) is 0 Å². The highest BCUT2D eigenvalue weighted by molar-refractivity contribution is 6.17. The molecule has 0 radical (unpaired) electrons. The second-order valence-electron chi connectivity index (χ2n) is 15.2. The molecule has 1 aliphatic rings. The number of fused-ring (bicyclic) bond motifs is 9. The Morgan fingerprint density at radius 1 is 0.414 bits per heavy atom. The zero-order valence-corrected chi connectivity index (χ0v) is 31.4. The molecule has 58 heavy (non-hydrogen) atoms. The number of anilines is 2. The molecular weight excluding hydrogens is 711 g/mol. The summed E-state index contributed by atoms with van der Waals surface area (Å²) in [6.07, 6.45) is 7.57. The van der Waals surface area contributed by atoms with Gasteiger partial charge in [-0.15, -0.1) is 0 Å². The highest BCUT2D eigenvalue weighted by Crippen LogP contribution is 2.44. The summed E-state index contributed by atoms with van der Waals surface area (Å²) in [6.45, 7) is 0. The molecule has 0 saturated carbocycles. The minimum absolute atomic E-state index is 0.139. The number of rotatable bonds is 6. The topological polar surface area (TPSA) is 42.7 Å². The molecule has 274 valence electrons. The first-order chi connectivity index (χ1) is 28.7. The molecule has 4 nitrogen and oxygen atoms in total. The van der Waals surface area contributed by atoms with Crippen molar-refractivity contribution < 1.29 is 13.3 Å². The molecule has 8 aromatic carbocycles. The van der Waals surface area contributed by atoms with Gasteiger partial charge >= 0.3 is 0 Å². The Bertz CT molecular complexity index is 3420. The van der Waals surface area contributed by atoms with E-state index in [4.69, 9.17) is 13.3 Å². The molecule has 0 aliphatic heterocycles. The molecule has 3 aromatic heterocycles. The van der Waals surface area contributed by atoms with Gasteiger partial charge in [0.25, 0.3) is 0 Å². The lowest BCUT2D eigenvalue weighted by atomic mass is 9.89. The molecule has 1 atom stereocenters. The van der Waals surface area contributed by atoms with Gasteiger partial charge in [-0.05, 0) is 71.7 Å². The number of nitrogens with zero attached hydrogens (tertiary/aromatic N) is 1. The van der Waals surface area contributed by atoms with Crippen LogP contribution >= 0.6 is 0 Å². The first-order valence-corrected chi connectivity index (χ1v) is 19.8. The molecule has 0 N–H and O–H groups in total. The van der Waals surface area contributed by atoms with Gasteiger partial charge in [-0.1, -0.05) is 140 Å². The summed E-state index contributed by atoms with van der Waals surface area (Å²) in [4.78, 5) is 2.40. The molecule has 0 fully saturated rings. The molecule has 1 aliphatic carbocycles. The lowest BCUT2D eigenvalue weighted by Crippen LogP contribution is -2.19. The number of allylic oxidation sites excluding steroid dienone is 4. The van der Waals surface area contributed by atoms with E-state index in [1.807, 2.05) is 24.3 Å². The summed E-state index contributed by atoms with van der Waals surface area (Å²) >= 11 is 0. The predicted molar refractivity (Wildman–Crippen MR) is 239 cm³/mol. The lowest BCUT2D eigenvalue weighted by molar-refractivity contribution is 0.655. The summed E-state index contributed by atoms with van der Waals surface area (Å²) in [7, 11) is 0. The second kappa shape index (κ2) is 13.0. The third-order valence-corrected chi connectivity index (χ3v) is 11.8. The van der Waals surface area contributed by atoms with Crippen molar-refractivity contribution in [2.75, 3.05) is 4.90 Å². The number of hydrogen-bond acceptors (Lipinski definition) is 4. The predicted octanol–water partition coefficient (Wildman–Crippen LogP) is 15.5. The molecule has 0 spiro atoms. The summed E-state index contributed by atoms with van der Waals surface area (Å²) in [6, 6.07) is 62.1. The summed E-state index contributed by atoms with van der Waals surface area (Å²) in [5.41, 5.74) is 14.4. The van der Waals surface area contributed by atoms with Crippen molar-refractivity contribution in [1.82, 2.24) is 0 Å². The number of benzene rings is 8. The Kier molecular flexibility index (Phi) is 7.32. The van der Waals surface area contributed by atoms with E-state index in [0.29, 0.717) is 0 Å². The van der Waals surface area contributed by atoms with E-state index in [2.05, 4.69) is 175 Å². The third-order valence-electron chi connectivity index (χ3n) is 11.8. The molecule has 3 heterocycles. The van der Waals surface area contributed by atoms with Crippen LogP contribution in [0.2, 0.25) is 0 Å². The Morgan fingerprint density at radius 2 is 0.983 bits per heavy atom. The third kappa shape index (κ3) is 5.23. The standard InChI is InChI=1S/C54H35NO3/c1-2-11-34(12-3-1)35-23-27-38(28-24-35)55(40-14-8-13-37(31-40)42-18-10-19-45-43-15-4-7-22-50(43)57-54(42)45)39-29-25-36(26-30-39)41-17-9-20-46-48-32-47-44-16-5-6-21-49(44)56-51(47)33-52(48)58-53(41)46/h1-30,32-33,37H,31H2. The average molecular weight is 746 g/mol. The molecule has 0 bridgehead atoms. The monoisotopic (exact) mass is 745 g/mol. The highest BCUT2D eigenvalue weighted by Gasteiger charge is 2.24. The first kappa shape index (κ1) is 32.7. The van der Waals surface area contributed by atoms with E-state index in [9.17, 15) is 0 Å². The highest BCUT2D eigenvalue weighted by atomic mass is 16.3. The molecule has 0 amide bonds. The Morgan fingerprint density at radius 3 is 1.76 bits per heavy atom. The molecule has 1 unspecified atom stereocenters. The van der Waals surface area contributed by atoms with Crippen molar-refractivity contribution in [2.24, 2.45) is 0 Å². The van der Waals surface area contributed by atoms with Crippen molar-refractivity contribution in [3.63, 3.8) is 0 Å². The SMILES string of the molecule is C1=CC(c2cccc3c2oc2ccccc23)CC(N(c2ccc(-c3ccccc3)cc2)c2ccc(-c3cccc4c3oc3cc5oc6ccccc6c5cc34)cc2)=C1. The van der Waals surface area contributed by atoms with Crippen molar-refractivity contribution in [3.05, 3.63) is 205 Å². The maximum absolute atomic E-state index is 6.64. The van der Waals surface area contributed by atoms with E-state index >= 15 is 0 Å². The van der Waals surface area contributed by atoms with Crippen molar-refractivity contribution >= 4 is 77.2 Å². The van der Waals surface area contributed by atoms with Gasteiger partial charge in [-0.2, -0.15) is 0 Å². The van der Waals surface area contributed by atoms with E-state index in [1.54, 1.807) is 0 Å². The summed E-state index contributed by atoms with van der Waals surface area (Å²) in [5.74, 6) is 0.139. The van der Waals surface area contributed by atoms with Crippen LogP contribution in [-0.2, 0) is 0 Å². The minimum Gasteiger partial charge on any atom is -0.456 e. The maximum Gasteiger partial charge on any atom is 0.143 e. The van der Waals surface area contributed by atoms with Gasteiger partial charge < -0.3 is 18.2 Å². The van der Waals surface area contributed by atoms with Gasteiger partial charge in [0, 0.05) is 72.5 Å². The van der Waals surface area contributed by atoms with Crippen LogP contribution in [0.15, 0.2) is 213 Å². The van der Waals surface area contributed by atoms with Crippen LogP contribution in [-0.4, -0.2) is 0 Å². The number of furan rings is 3. The number of hydrogen-bond donors (Lipinski definition) is 0. The molecular formula is C54H35NO3. The molecule has 0 saturated heterocycles. The van der Waals surface area contributed by atoms with Crippen LogP contribution in [0.3, 0.4) is 0 Å². The van der Waals surface area contributed by atoms with Crippen molar-refractivity contribution in [3.8, 4) is 22.3 Å². The molecule has 4 heteroatoms. The lowest BCUT2D eigenvalue weighted by Gasteiger charge is -2.31. The van der Waals surface area contributed by atoms with E-state index in [-0.39, 0.29) is 5.92 Å². The maximum atomic E-state index is 6.64. The van der Waals surface area contributed by atoms with Crippen LogP contribution < -0.4 is 4.90 Å². The normalized spacial score (nSPS) is 14.3. The Hall–Kier alpha value is -7.56.